The highest BCUT2D eigenvalue weighted by Gasteiger charge is 2.33. The van der Waals surface area contributed by atoms with Crippen LogP contribution in [-0.4, -0.2) is 33.8 Å². The Bertz CT molecular complexity index is 656. The Hall–Kier alpha value is -1.88. The molecule has 1 N–H and O–H groups in total. The minimum absolute atomic E-state index is 0.276. The van der Waals surface area contributed by atoms with Gasteiger partial charge in [0.2, 0.25) is 0 Å². The van der Waals surface area contributed by atoms with Crippen LogP contribution in [0.1, 0.15) is 42.0 Å². The van der Waals surface area contributed by atoms with Crippen molar-refractivity contribution in [1.82, 2.24) is 9.55 Å². The molecule has 0 amide bonds. The molecule has 20 heavy (non-hydrogen) atoms. The summed E-state index contributed by atoms with van der Waals surface area (Å²) in [6.45, 7) is 2.05. The number of carboxylic acids is 1. The van der Waals surface area contributed by atoms with Crippen LogP contribution in [0.3, 0.4) is 0 Å². The smallest absolute Gasteiger partial charge is 0.337 e. The lowest BCUT2D eigenvalue weighted by atomic mass is 9.88. The molecule has 1 heterocycles. The summed E-state index contributed by atoms with van der Waals surface area (Å²) in [6.07, 6.45) is 3.03. The van der Waals surface area contributed by atoms with Crippen LogP contribution in [0.2, 0.25) is 0 Å². The van der Waals surface area contributed by atoms with Gasteiger partial charge in [0.25, 0.3) is 0 Å². The third-order valence-corrected chi connectivity index (χ3v) is 4.11. The zero-order chi connectivity index (χ0) is 14.3. The number of rotatable bonds is 4. The first kappa shape index (κ1) is 13.1. The topological polar surface area (TPSA) is 64.3 Å². The third-order valence-electron chi connectivity index (χ3n) is 4.11. The number of para-hydroxylation sites is 1. The van der Waals surface area contributed by atoms with Crippen LogP contribution in [-0.2, 0) is 11.2 Å². The van der Waals surface area contributed by atoms with E-state index in [1.54, 1.807) is 19.2 Å². The molecule has 1 saturated carbocycles. The van der Waals surface area contributed by atoms with Crippen molar-refractivity contribution in [2.75, 3.05) is 7.11 Å². The van der Waals surface area contributed by atoms with Crippen molar-refractivity contribution < 1.29 is 14.6 Å². The average Bonchev–Trinajstić information content (AvgIpc) is 2.76. The summed E-state index contributed by atoms with van der Waals surface area (Å²) in [5.74, 6) is 0.0273. The molecule has 1 aliphatic carbocycles. The molecule has 1 aromatic heterocycles. The van der Waals surface area contributed by atoms with Gasteiger partial charge in [0.05, 0.1) is 17.2 Å². The zero-order valence-electron chi connectivity index (χ0n) is 11.7. The predicted octanol–water partition coefficient (Wildman–Crippen LogP) is 2.65. The minimum atomic E-state index is -0.925. The summed E-state index contributed by atoms with van der Waals surface area (Å²) in [5.41, 5.74) is 1.79. The largest absolute Gasteiger partial charge is 0.478 e. The fraction of sp³-hybridized carbons (Fsp3) is 0.467. The molecule has 1 fully saturated rings. The Morgan fingerprint density at radius 3 is 2.85 bits per heavy atom. The van der Waals surface area contributed by atoms with E-state index in [1.165, 1.54) is 0 Å². The molecule has 3 rings (SSSR count). The number of fused-ring (bicyclic) bond motifs is 1. The minimum Gasteiger partial charge on any atom is -0.478 e. The number of imidazole rings is 1. The summed E-state index contributed by atoms with van der Waals surface area (Å²) in [5, 5.41) is 9.28. The molecular weight excluding hydrogens is 256 g/mol. The van der Waals surface area contributed by atoms with E-state index in [0.717, 1.165) is 30.6 Å². The number of nitrogens with zero attached hydrogens (tertiary/aromatic N) is 2. The first-order chi connectivity index (χ1) is 9.65. The molecule has 0 bridgehead atoms. The van der Waals surface area contributed by atoms with Gasteiger partial charge >= 0.3 is 5.97 Å². The Balaban J connectivity index is 2.11. The van der Waals surface area contributed by atoms with Crippen LogP contribution in [0, 0.1) is 0 Å². The van der Waals surface area contributed by atoms with Crippen molar-refractivity contribution in [3.8, 4) is 0 Å². The molecule has 1 aliphatic rings. The summed E-state index contributed by atoms with van der Waals surface area (Å²) in [7, 11) is 1.73. The lowest BCUT2D eigenvalue weighted by Crippen LogP contribution is -2.33. The van der Waals surface area contributed by atoms with Gasteiger partial charge < -0.3 is 14.4 Å². The maximum Gasteiger partial charge on any atom is 0.337 e. The van der Waals surface area contributed by atoms with Crippen LogP contribution in [0.4, 0.5) is 0 Å². The number of carbonyl (C=O) groups is 1. The molecule has 0 saturated heterocycles. The van der Waals surface area contributed by atoms with Crippen molar-refractivity contribution in [2.24, 2.45) is 0 Å². The lowest BCUT2D eigenvalue weighted by molar-refractivity contribution is 0.00662. The quantitative estimate of drug-likeness (QED) is 0.931. The number of methoxy groups -OCH3 is 1. The van der Waals surface area contributed by atoms with Crippen molar-refractivity contribution in [2.45, 2.75) is 38.3 Å². The number of aromatic nitrogens is 2. The second-order valence-corrected chi connectivity index (χ2v) is 5.21. The number of carboxylic acid groups (broad SMARTS) is 1. The van der Waals surface area contributed by atoms with Gasteiger partial charge in [-0.2, -0.15) is 0 Å². The van der Waals surface area contributed by atoms with Gasteiger partial charge in [-0.1, -0.05) is 13.0 Å². The summed E-state index contributed by atoms with van der Waals surface area (Å²) < 4.78 is 7.53. The van der Waals surface area contributed by atoms with Crippen molar-refractivity contribution in [3.63, 3.8) is 0 Å². The molecular formula is C15H18N2O3. The first-order valence-corrected chi connectivity index (χ1v) is 6.91. The highest BCUT2D eigenvalue weighted by atomic mass is 16.5. The molecule has 0 radical (unpaired) electrons. The van der Waals surface area contributed by atoms with Crippen LogP contribution in [0.5, 0.6) is 0 Å². The van der Waals surface area contributed by atoms with Crippen LogP contribution < -0.4 is 0 Å². The maximum absolute atomic E-state index is 11.3. The van der Waals surface area contributed by atoms with Gasteiger partial charge in [-0.3, -0.25) is 0 Å². The van der Waals surface area contributed by atoms with Crippen LogP contribution in [0.25, 0.3) is 11.0 Å². The van der Waals surface area contributed by atoms with Gasteiger partial charge in [-0.05, 0) is 25.0 Å². The summed E-state index contributed by atoms with van der Waals surface area (Å²) in [4.78, 5) is 15.9. The van der Waals surface area contributed by atoms with E-state index in [0.29, 0.717) is 17.7 Å². The van der Waals surface area contributed by atoms with Gasteiger partial charge in [-0.15, -0.1) is 0 Å². The Morgan fingerprint density at radius 2 is 2.25 bits per heavy atom. The second kappa shape index (κ2) is 4.90. The van der Waals surface area contributed by atoms with Gasteiger partial charge in [-0.25, -0.2) is 9.78 Å². The monoisotopic (exact) mass is 274 g/mol. The zero-order valence-corrected chi connectivity index (χ0v) is 11.7. The van der Waals surface area contributed by atoms with E-state index in [1.807, 2.05) is 13.0 Å². The highest BCUT2D eigenvalue weighted by Crippen LogP contribution is 2.38. The SMILES string of the molecule is CCc1nc2c(C(=O)O)cccc2n1C1CC(OC)C1. The number of hydrogen-bond acceptors (Lipinski definition) is 3. The van der Waals surface area contributed by atoms with Crippen molar-refractivity contribution >= 4 is 17.0 Å². The lowest BCUT2D eigenvalue weighted by Gasteiger charge is -2.36. The molecule has 106 valence electrons. The van der Waals surface area contributed by atoms with E-state index >= 15 is 0 Å². The number of aryl methyl sites for hydroxylation is 1. The normalized spacial score (nSPS) is 21.9. The predicted molar refractivity (Wildman–Crippen MR) is 75.1 cm³/mol. The molecule has 1 aromatic carbocycles. The van der Waals surface area contributed by atoms with Gasteiger partial charge in [0, 0.05) is 19.6 Å². The van der Waals surface area contributed by atoms with Crippen molar-refractivity contribution in [1.29, 1.82) is 0 Å². The standard InChI is InChI=1S/C15H18N2O3/c1-3-13-16-14-11(15(18)19)5-4-6-12(14)17(13)9-7-10(8-9)20-2/h4-6,9-10H,3,7-8H2,1-2H3,(H,18,19). The van der Waals surface area contributed by atoms with Crippen LogP contribution >= 0.6 is 0 Å². The molecule has 0 atom stereocenters. The van der Waals surface area contributed by atoms with Gasteiger partial charge in [0.15, 0.2) is 0 Å². The van der Waals surface area contributed by atoms with E-state index in [2.05, 4.69) is 9.55 Å². The Kier molecular flexibility index (Phi) is 3.22. The van der Waals surface area contributed by atoms with E-state index in [-0.39, 0.29) is 5.56 Å². The number of ether oxygens (including phenoxy) is 1. The van der Waals surface area contributed by atoms with Crippen LogP contribution in [0.15, 0.2) is 18.2 Å². The van der Waals surface area contributed by atoms with E-state index in [9.17, 15) is 9.90 Å². The third kappa shape index (κ3) is 1.89. The average molecular weight is 274 g/mol. The fourth-order valence-corrected chi connectivity index (χ4v) is 2.94. The van der Waals surface area contributed by atoms with Crippen molar-refractivity contribution in [3.05, 3.63) is 29.6 Å². The highest BCUT2D eigenvalue weighted by molar-refractivity contribution is 6.01. The van der Waals surface area contributed by atoms with E-state index < -0.39 is 5.97 Å². The number of benzene rings is 1. The second-order valence-electron chi connectivity index (χ2n) is 5.21. The van der Waals surface area contributed by atoms with Gasteiger partial charge in [0.1, 0.15) is 11.3 Å². The Morgan fingerprint density at radius 1 is 1.50 bits per heavy atom. The first-order valence-electron chi connectivity index (χ1n) is 6.91. The summed E-state index contributed by atoms with van der Waals surface area (Å²) >= 11 is 0. The molecule has 2 aromatic rings. The summed E-state index contributed by atoms with van der Waals surface area (Å²) in [6, 6.07) is 5.72. The van der Waals surface area contributed by atoms with E-state index in [4.69, 9.17) is 4.74 Å². The number of hydrogen-bond donors (Lipinski definition) is 1. The fourth-order valence-electron chi connectivity index (χ4n) is 2.94. The molecule has 5 nitrogen and oxygen atoms in total. The maximum atomic E-state index is 11.3. The number of aromatic carboxylic acids is 1. The molecule has 0 spiro atoms. The molecule has 0 unspecified atom stereocenters. The Labute approximate surface area is 117 Å². The molecule has 0 aliphatic heterocycles. The molecule has 5 heteroatoms.